The van der Waals surface area contributed by atoms with E-state index in [0.29, 0.717) is 31.3 Å². The van der Waals surface area contributed by atoms with E-state index >= 15 is 0 Å². The summed E-state index contributed by atoms with van der Waals surface area (Å²) in [5.41, 5.74) is 0.725. The average Bonchev–Trinajstić information content (AvgIpc) is 2.67. The van der Waals surface area contributed by atoms with Crippen molar-refractivity contribution < 1.29 is 14.7 Å². The Morgan fingerprint density at radius 2 is 1.93 bits per heavy atom. The van der Waals surface area contributed by atoms with Crippen LogP contribution < -0.4 is 5.32 Å². The Hall–Kier alpha value is -1.88. The van der Waals surface area contributed by atoms with Crippen LogP contribution in [0.5, 0.6) is 0 Å². The number of carbonyl (C=O) groups excluding carboxylic acids is 2. The summed E-state index contributed by atoms with van der Waals surface area (Å²) in [5.74, 6) is 1.14. The van der Waals surface area contributed by atoms with E-state index in [-0.39, 0.29) is 30.4 Å². The smallest absolute Gasteiger partial charge is 0.253 e. The van der Waals surface area contributed by atoms with E-state index in [1.165, 1.54) is 0 Å². The first-order chi connectivity index (χ1) is 12.9. The topological polar surface area (TPSA) is 69.6 Å². The zero-order valence-corrected chi connectivity index (χ0v) is 16.9. The van der Waals surface area contributed by atoms with Gasteiger partial charge in [-0.25, -0.2) is 0 Å². The molecule has 1 aliphatic rings. The molecule has 5 nitrogen and oxygen atoms in total. The van der Waals surface area contributed by atoms with Crippen molar-refractivity contribution in [3.05, 3.63) is 35.9 Å². The summed E-state index contributed by atoms with van der Waals surface area (Å²) in [6.45, 7) is 7.67. The molecule has 0 aliphatic carbocycles. The molecule has 0 aromatic heterocycles. The Kier molecular flexibility index (Phi) is 8.29. The highest BCUT2D eigenvalue weighted by atomic mass is 16.3. The molecule has 2 rings (SSSR count). The minimum absolute atomic E-state index is 0.0148. The van der Waals surface area contributed by atoms with E-state index in [1.54, 1.807) is 0 Å². The molecule has 1 aromatic carbocycles. The zero-order valence-electron chi connectivity index (χ0n) is 16.9. The van der Waals surface area contributed by atoms with Crippen LogP contribution in [0.3, 0.4) is 0 Å². The van der Waals surface area contributed by atoms with Gasteiger partial charge in [0.2, 0.25) is 5.91 Å². The fourth-order valence-electron chi connectivity index (χ4n) is 4.03. The lowest BCUT2D eigenvalue weighted by Crippen LogP contribution is -2.46. The van der Waals surface area contributed by atoms with E-state index in [0.717, 1.165) is 24.8 Å². The van der Waals surface area contributed by atoms with E-state index in [4.69, 9.17) is 0 Å². The summed E-state index contributed by atoms with van der Waals surface area (Å²) in [6.07, 6.45) is 3.05. The van der Waals surface area contributed by atoms with Gasteiger partial charge in [0.1, 0.15) is 0 Å². The third-order valence-electron chi connectivity index (χ3n) is 5.51. The van der Waals surface area contributed by atoms with Crippen molar-refractivity contribution in [2.24, 2.45) is 17.8 Å². The Morgan fingerprint density at radius 1 is 1.22 bits per heavy atom. The van der Waals surface area contributed by atoms with Crippen LogP contribution in [0.1, 0.15) is 56.8 Å². The number of aliphatic hydroxyl groups is 1. The molecular formula is C22H34N2O3. The van der Waals surface area contributed by atoms with Crippen molar-refractivity contribution in [1.29, 1.82) is 0 Å². The molecule has 0 spiro atoms. The fraction of sp³-hybridized carbons (Fsp3) is 0.636. The number of benzene rings is 1. The van der Waals surface area contributed by atoms with Gasteiger partial charge in [0.05, 0.1) is 12.6 Å². The van der Waals surface area contributed by atoms with Crippen LogP contribution in [0.2, 0.25) is 0 Å². The number of hydrogen-bond donors (Lipinski definition) is 2. The molecule has 3 atom stereocenters. The van der Waals surface area contributed by atoms with Gasteiger partial charge >= 0.3 is 0 Å². The predicted octanol–water partition coefficient (Wildman–Crippen LogP) is 3.09. The van der Waals surface area contributed by atoms with Crippen molar-refractivity contribution in [3.8, 4) is 0 Å². The van der Waals surface area contributed by atoms with Gasteiger partial charge in [-0.2, -0.15) is 0 Å². The van der Waals surface area contributed by atoms with Crippen molar-refractivity contribution >= 4 is 11.8 Å². The molecular weight excluding hydrogens is 340 g/mol. The van der Waals surface area contributed by atoms with Crippen molar-refractivity contribution in [3.63, 3.8) is 0 Å². The number of hydrogen-bond acceptors (Lipinski definition) is 3. The number of likely N-dealkylation sites (tertiary alicyclic amines) is 1. The SMILES string of the molecule is CCC1CN(C(=O)c2ccccc2)CCC1CC(=O)NC(CO)CC(C)C. The van der Waals surface area contributed by atoms with Gasteiger partial charge in [-0.05, 0) is 42.7 Å². The Bertz CT molecular complexity index is 603. The molecule has 0 radical (unpaired) electrons. The lowest BCUT2D eigenvalue weighted by Gasteiger charge is -2.38. The maximum atomic E-state index is 12.7. The molecule has 1 fully saturated rings. The van der Waals surface area contributed by atoms with Crippen LogP contribution in [-0.4, -0.2) is 47.6 Å². The van der Waals surface area contributed by atoms with Gasteiger partial charge in [0.25, 0.3) is 5.91 Å². The molecule has 0 saturated carbocycles. The minimum Gasteiger partial charge on any atom is -0.394 e. The summed E-state index contributed by atoms with van der Waals surface area (Å²) in [5, 5.41) is 12.5. The summed E-state index contributed by atoms with van der Waals surface area (Å²) in [4.78, 5) is 27.1. The number of carbonyl (C=O) groups is 2. The first kappa shape index (κ1) is 21.4. The number of piperidine rings is 1. The maximum Gasteiger partial charge on any atom is 0.253 e. The number of rotatable bonds is 8. The highest BCUT2D eigenvalue weighted by molar-refractivity contribution is 5.94. The van der Waals surface area contributed by atoms with Gasteiger partial charge < -0.3 is 15.3 Å². The van der Waals surface area contributed by atoms with Crippen molar-refractivity contribution in [2.45, 2.75) is 52.5 Å². The minimum atomic E-state index is -0.169. The first-order valence-corrected chi connectivity index (χ1v) is 10.2. The summed E-state index contributed by atoms with van der Waals surface area (Å²) in [7, 11) is 0. The molecule has 3 unspecified atom stereocenters. The van der Waals surface area contributed by atoms with Crippen LogP contribution in [0.25, 0.3) is 0 Å². The lowest BCUT2D eigenvalue weighted by atomic mass is 9.81. The number of amides is 2. The third kappa shape index (κ3) is 6.35. The quantitative estimate of drug-likeness (QED) is 0.735. The van der Waals surface area contributed by atoms with Gasteiger partial charge in [-0.3, -0.25) is 9.59 Å². The van der Waals surface area contributed by atoms with Gasteiger partial charge in [0.15, 0.2) is 0 Å². The molecule has 1 heterocycles. The van der Waals surface area contributed by atoms with Crippen LogP contribution in [0.4, 0.5) is 0 Å². The van der Waals surface area contributed by atoms with Crippen molar-refractivity contribution in [1.82, 2.24) is 10.2 Å². The van der Waals surface area contributed by atoms with Crippen LogP contribution in [0.15, 0.2) is 30.3 Å². The highest BCUT2D eigenvalue weighted by Gasteiger charge is 2.32. The molecule has 1 aromatic rings. The molecule has 1 saturated heterocycles. The van der Waals surface area contributed by atoms with Gasteiger partial charge in [-0.1, -0.05) is 45.4 Å². The molecule has 0 bridgehead atoms. The largest absolute Gasteiger partial charge is 0.394 e. The Balaban J connectivity index is 1.91. The summed E-state index contributed by atoms with van der Waals surface area (Å²) in [6, 6.07) is 9.22. The zero-order chi connectivity index (χ0) is 19.8. The molecule has 27 heavy (non-hydrogen) atoms. The average molecular weight is 375 g/mol. The lowest BCUT2D eigenvalue weighted by molar-refractivity contribution is -0.124. The van der Waals surface area contributed by atoms with E-state index in [2.05, 4.69) is 26.1 Å². The third-order valence-corrected chi connectivity index (χ3v) is 5.51. The Labute approximate surface area is 163 Å². The second-order valence-electron chi connectivity index (χ2n) is 8.11. The normalized spacial score (nSPS) is 21.1. The van der Waals surface area contributed by atoms with Gasteiger partial charge in [-0.15, -0.1) is 0 Å². The number of nitrogens with one attached hydrogen (secondary N) is 1. The fourth-order valence-corrected chi connectivity index (χ4v) is 4.03. The van der Waals surface area contributed by atoms with E-state index in [1.807, 2.05) is 35.2 Å². The monoisotopic (exact) mass is 374 g/mol. The second kappa shape index (κ2) is 10.5. The molecule has 150 valence electrons. The summed E-state index contributed by atoms with van der Waals surface area (Å²) >= 11 is 0. The number of nitrogens with zero attached hydrogens (tertiary/aromatic N) is 1. The molecule has 1 aliphatic heterocycles. The van der Waals surface area contributed by atoms with Crippen LogP contribution in [0, 0.1) is 17.8 Å². The van der Waals surface area contributed by atoms with E-state index in [9.17, 15) is 14.7 Å². The van der Waals surface area contributed by atoms with Crippen LogP contribution >= 0.6 is 0 Å². The second-order valence-corrected chi connectivity index (χ2v) is 8.11. The van der Waals surface area contributed by atoms with Crippen LogP contribution in [-0.2, 0) is 4.79 Å². The van der Waals surface area contributed by atoms with Crippen molar-refractivity contribution in [2.75, 3.05) is 19.7 Å². The highest BCUT2D eigenvalue weighted by Crippen LogP contribution is 2.30. The molecule has 2 N–H and O–H groups in total. The maximum absolute atomic E-state index is 12.7. The van der Waals surface area contributed by atoms with E-state index < -0.39 is 0 Å². The summed E-state index contributed by atoms with van der Waals surface area (Å²) < 4.78 is 0. The molecule has 5 heteroatoms. The first-order valence-electron chi connectivity index (χ1n) is 10.2. The van der Waals surface area contributed by atoms with Gasteiger partial charge in [0, 0.05) is 25.1 Å². The molecule has 2 amide bonds. The predicted molar refractivity (Wildman–Crippen MR) is 107 cm³/mol. The number of aliphatic hydroxyl groups excluding tert-OH is 1. The Morgan fingerprint density at radius 3 is 2.52 bits per heavy atom. The standard InChI is InChI=1S/C22H34N2O3/c1-4-17-14-24(22(27)18-8-6-5-7-9-18)11-10-19(17)13-21(26)23-20(15-25)12-16(2)3/h5-9,16-17,19-20,25H,4,10-15H2,1-3H3,(H,23,26).